The molecule has 0 radical (unpaired) electrons. The van der Waals surface area contributed by atoms with Crippen LogP contribution in [0.2, 0.25) is 0 Å². The van der Waals surface area contributed by atoms with Crippen molar-refractivity contribution in [1.29, 1.82) is 5.26 Å². The van der Waals surface area contributed by atoms with Crippen LogP contribution in [0, 0.1) is 11.3 Å². The molecule has 1 amide bonds. The Hall–Kier alpha value is -4.55. The Morgan fingerprint density at radius 3 is 2.57 bits per heavy atom. The van der Waals surface area contributed by atoms with Gasteiger partial charge in [-0.3, -0.25) is 9.69 Å². The smallest absolute Gasteiger partial charge is 0.266 e. The van der Waals surface area contributed by atoms with Crippen molar-refractivity contribution in [3.63, 3.8) is 0 Å². The molecule has 1 fully saturated rings. The Morgan fingerprint density at radius 1 is 1.03 bits per heavy atom. The van der Waals surface area contributed by atoms with Crippen molar-refractivity contribution in [1.82, 2.24) is 9.88 Å². The van der Waals surface area contributed by atoms with Crippen LogP contribution in [-0.2, 0) is 4.79 Å². The van der Waals surface area contributed by atoms with E-state index in [1.54, 1.807) is 18.2 Å². The van der Waals surface area contributed by atoms with E-state index in [-0.39, 0.29) is 24.0 Å². The largest absolute Gasteiger partial charge is 0.459 e. The van der Waals surface area contributed by atoms with Gasteiger partial charge in [-0.2, -0.15) is 10.2 Å². The molecular formula is C26H23N5O4. The number of ether oxygens (including phenoxy) is 1. The topological polar surface area (TPSA) is 108 Å². The number of anilines is 2. The van der Waals surface area contributed by atoms with Crippen LogP contribution in [0.4, 0.5) is 11.6 Å². The predicted molar refractivity (Wildman–Crippen MR) is 129 cm³/mol. The van der Waals surface area contributed by atoms with Gasteiger partial charge in [-0.05, 0) is 36.4 Å². The molecule has 1 aliphatic rings. The standard InChI is InChI=1S/C26H23N5O4/c27-17-22-26(35-25(29-22)23-10-5-15-33-23)31-13-11-30(12-14-31)18-24(32)28-19-6-4-9-21(16-19)34-20-7-2-1-3-8-20/h1-10,15-16H,11-14,18H2,(H,28,32). The highest BCUT2D eigenvalue weighted by atomic mass is 16.5. The van der Waals surface area contributed by atoms with Crippen molar-refractivity contribution in [2.24, 2.45) is 0 Å². The van der Waals surface area contributed by atoms with Crippen molar-refractivity contribution in [2.45, 2.75) is 0 Å². The third kappa shape index (κ3) is 5.34. The molecule has 9 heteroatoms. The van der Waals surface area contributed by atoms with E-state index in [4.69, 9.17) is 13.6 Å². The maximum absolute atomic E-state index is 12.6. The third-order valence-corrected chi connectivity index (χ3v) is 5.57. The van der Waals surface area contributed by atoms with Crippen LogP contribution in [0.15, 0.2) is 81.8 Å². The molecule has 2 aromatic heterocycles. The maximum atomic E-state index is 12.6. The van der Waals surface area contributed by atoms with E-state index in [0.29, 0.717) is 49.3 Å². The fourth-order valence-electron chi connectivity index (χ4n) is 3.88. The van der Waals surface area contributed by atoms with E-state index in [1.165, 1.54) is 6.26 Å². The number of hydrogen-bond donors (Lipinski definition) is 1. The third-order valence-electron chi connectivity index (χ3n) is 5.57. The van der Waals surface area contributed by atoms with Gasteiger partial charge in [-0.25, -0.2) is 0 Å². The fourth-order valence-corrected chi connectivity index (χ4v) is 3.88. The Kier molecular flexibility index (Phi) is 6.46. The van der Waals surface area contributed by atoms with Crippen LogP contribution in [0.25, 0.3) is 11.7 Å². The number of furan rings is 1. The van der Waals surface area contributed by atoms with Crippen LogP contribution >= 0.6 is 0 Å². The van der Waals surface area contributed by atoms with Crippen molar-refractivity contribution in [2.75, 3.05) is 42.9 Å². The summed E-state index contributed by atoms with van der Waals surface area (Å²) in [5.41, 5.74) is 0.896. The number of benzene rings is 2. The average Bonchev–Trinajstić information content (AvgIpc) is 3.56. The number of piperazine rings is 1. The van der Waals surface area contributed by atoms with Gasteiger partial charge in [-0.1, -0.05) is 24.3 Å². The number of oxazole rings is 1. The first-order valence-electron chi connectivity index (χ1n) is 11.2. The number of hydrogen-bond acceptors (Lipinski definition) is 8. The first-order valence-corrected chi connectivity index (χ1v) is 11.2. The highest BCUT2D eigenvalue weighted by molar-refractivity contribution is 5.92. The van der Waals surface area contributed by atoms with E-state index in [9.17, 15) is 10.1 Å². The van der Waals surface area contributed by atoms with Gasteiger partial charge < -0.3 is 23.8 Å². The number of rotatable bonds is 7. The Bertz CT molecular complexity index is 1320. The number of amides is 1. The molecule has 9 nitrogen and oxygen atoms in total. The molecule has 0 aliphatic carbocycles. The van der Waals surface area contributed by atoms with Crippen molar-refractivity contribution in [3.05, 3.63) is 78.7 Å². The zero-order valence-electron chi connectivity index (χ0n) is 18.9. The first-order chi connectivity index (χ1) is 17.2. The number of carbonyl (C=O) groups excluding carboxylic acids is 1. The molecule has 35 heavy (non-hydrogen) atoms. The fraction of sp³-hybridized carbons (Fsp3) is 0.192. The second-order valence-corrected chi connectivity index (χ2v) is 8.02. The molecule has 2 aromatic carbocycles. The molecule has 3 heterocycles. The Balaban J connectivity index is 1.15. The molecule has 0 unspecified atom stereocenters. The summed E-state index contributed by atoms with van der Waals surface area (Å²) in [6.45, 7) is 2.76. The van der Waals surface area contributed by atoms with Crippen LogP contribution < -0.4 is 15.0 Å². The van der Waals surface area contributed by atoms with Gasteiger partial charge in [0.1, 0.15) is 17.6 Å². The monoisotopic (exact) mass is 469 g/mol. The zero-order valence-corrected chi connectivity index (χ0v) is 18.9. The van der Waals surface area contributed by atoms with E-state index < -0.39 is 0 Å². The number of carbonyl (C=O) groups is 1. The zero-order chi connectivity index (χ0) is 24.0. The molecular weight excluding hydrogens is 446 g/mol. The predicted octanol–water partition coefficient (Wildman–Crippen LogP) is 4.36. The second-order valence-electron chi connectivity index (χ2n) is 8.02. The van der Waals surface area contributed by atoms with Gasteiger partial charge in [0.25, 0.3) is 5.89 Å². The first kappa shape index (κ1) is 22.3. The lowest BCUT2D eigenvalue weighted by atomic mass is 10.2. The summed E-state index contributed by atoms with van der Waals surface area (Å²) in [6.07, 6.45) is 1.53. The van der Waals surface area contributed by atoms with Gasteiger partial charge in [0.15, 0.2) is 5.76 Å². The molecule has 176 valence electrons. The summed E-state index contributed by atoms with van der Waals surface area (Å²) < 4.78 is 17.0. The molecule has 0 atom stereocenters. The Labute approximate surface area is 202 Å². The van der Waals surface area contributed by atoms with E-state index in [1.807, 2.05) is 53.4 Å². The summed E-state index contributed by atoms with van der Waals surface area (Å²) in [5, 5.41) is 12.4. The minimum atomic E-state index is -0.104. The normalized spacial score (nSPS) is 13.9. The summed E-state index contributed by atoms with van der Waals surface area (Å²) >= 11 is 0. The number of para-hydroxylation sites is 1. The highest BCUT2D eigenvalue weighted by Gasteiger charge is 2.26. The second kappa shape index (κ2) is 10.2. The molecule has 1 aliphatic heterocycles. The lowest BCUT2D eigenvalue weighted by Crippen LogP contribution is -2.48. The van der Waals surface area contributed by atoms with Crippen molar-refractivity contribution >= 4 is 17.5 Å². The van der Waals surface area contributed by atoms with Gasteiger partial charge in [0.2, 0.25) is 17.5 Å². The molecule has 0 saturated carbocycles. The minimum absolute atomic E-state index is 0.104. The number of nitrogens with zero attached hydrogens (tertiary/aromatic N) is 4. The van der Waals surface area contributed by atoms with Gasteiger partial charge in [0.05, 0.1) is 12.8 Å². The lowest BCUT2D eigenvalue weighted by Gasteiger charge is -2.34. The summed E-state index contributed by atoms with van der Waals surface area (Å²) in [7, 11) is 0. The van der Waals surface area contributed by atoms with E-state index in [0.717, 1.165) is 5.75 Å². The quantitative estimate of drug-likeness (QED) is 0.425. The lowest BCUT2D eigenvalue weighted by molar-refractivity contribution is -0.117. The van der Waals surface area contributed by atoms with Crippen LogP contribution in [-0.4, -0.2) is 48.5 Å². The highest BCUT2D eigenvalue weighted by Crippen LogP contribution is 2.29. The van der Waals surface area contributed by atoms with Crippen LogP contribution in [0.3, 0.4) is 0 Å². The van der Waals surface area contributed by atoms with Gasteiger partial charge >= 0.3 is 0 Å². The summed E-state index contributed by atoms with van der Waals surface area (Å²) in [6, 6.07) is 22.4. The number of nitriles is 1. The molecule has 0 bridgehead atoms. The molecule has 0 spiro atoms. The number of aromatic nitrogens is 1. The van der Waals surface area contributed by atoms with E-state index in [2.05, 4.69) is 21.3 Å². The van der Waals surface area contributed by atoms with Gasteiger partial charge in [-0.15, -0.1) is 0 Å². The van der Waals surface area contributed by atoms with Crippen LogP contribution in [0.1, 0.15) is 5.69 Å². The minimum Gasteiger partial charge on any atom is -0.459 e. The Morgan fingerprint density at radius 2 is 1.83 bits per heavy atom. The molecule has 5 rings (SSSR count). The van der Waals surface area contributed by atoms with Gasteiger partial charge in [0, 0.05) is 37.9 Å². The number of nitrogens with one attached hydrogen (secondary N) is 1. The molecule has 1 saturated heterocycles. The summed E-state index contributed by atoms with van der Waals surface area (Å²) in [4.78, 5) is 20.9. The SMILES string of the molecule is N#Cc1nc(-c2ccco2)oc1N1CCN(CC(=O)Nc2cccc(Oc3ccccc3)c2)CC1. The summed E-state index contributed by atoms with van der Waals surface area (Å²) in [5.74, 6) is 2.46. The molecule has 1 N–H and O–H groups in total. The average molecular weight is 470 g/mol. The van der Waals surface area contributed by atoms with E-state index >= 15 is 0 Å². The van der Waals surface area contributed by atoms with Crippen molar-refractivity contribution < 1.29 is 18.4 Å². The molecule has 4 aromatic rings. The van der Waals surface area contributed by atoms with Crippen LogP contribution in [0.5, 0.6) is 11.5 Å². The van der Waals surface area contributed by atoms with Crippen molar-refractivity contribution in [3.8, 4) is 29.2 Å². The maximum Gasteiger partial charge on any atom is 0.266 e.